The van der Waals surface area contributed by atoms with Crippen LogP contribution in [-0.4, -0.2) is 34.4 Å². The van der Waals surface area contributed by atoms with Gasteiger partial charge in [0, 0.05) is 0 Å². The van der Waals surface area contributed by atoms with Gasteiger partial charge in [-0.05, 0) is 35.0 Å². The van der Waals surface area contributed by atoms with E-state index in [1.54, 1.807) is 0 Å². The maximum Gasteiger partial charge on any atom is 0.276 e. The minimum absolute atomic E-state index is 0.278. The summed E-state index contributed by atoms with van der Waals surface area (Å²) in [5, 5.41) is 2.86. The molecule has 0 atom stereocenters. The second-order valence-corrected chi connectivity index (χ2v) is 5.58. The van der Waals surface area contributed by atoms with Gasteiger partial charge in [0.1, 0.15) is 23.4 Å². The summed E-state index contributed by atoms with van der Waals surface area (Å²) in [5.74, 6) is 1.46. The number of para-hydroxylation sites is 1. The van der Waals surface area contributed by atoms with E-state index in [0.29, 0.717) is 35.8 Å². The van der Waals surface area contributed by atoms with Crippen molar-refractivity contribution >= 4 is 21.6 Å². The summed E-state index contributed by atoms with van der Waals surface area (Å²) >= 11 is 3.39. The predicted molar refractivity (Wildman–Crippen MR) is 92.1 cm³/mol. The van der Waals surface area contributed by atoms with Gasteiger partial charge in [-0.2, -0.15) is 9.50 Å². The summed E-state index contributed by atoms with van der Waals surface area (Å²) in [6.45, 7) is 2.95. The lowest BCUT2D eigenvalue weighted by Crippen LogP contribution is -2.15. The zero-order chi connectivity index (χ0) is 16.9. The fraction of sp³-hybridized carbons (Fsp3) is 0.250. The molecule has 7 nitrogen and oxygen atoms in total. The number of aromatic nitrogens is 3. The van der Waals surface area contributed by atoms with Gasteiger partial charge in [-0.3, -0.25) is 9.89 Å². The lowest BCUT2D eigenvalue weighted by Gasteiger charge is -2.06. The molecule has 0 amide bonds. The normalized spacial score (nSPS) is 10.8. The molecule has 0 aliphatic carbocycles. The molecule has 0 aliphatic rings. The molecular formula is C16H16BrN3O4. The Morgan fingerprint density at radius 2 is 1.92 bits per heavy atom. The number of nitrogens with one attached hydrogen (secondary N) is 1. The number of hydrogen-bond acceptors (Lipinski definition) is 5. The highest BCUT2D eigenvalue weighted by Crippen LogP contribution is 2.27. The van der Waals surface area contributed by atoms with Crippen LogP contribution in [-0.2, 0) is 0 Å². The quantitative estimate of drug-likeness (QED) is 0.624. The highest BCUT2D eigenvalue weighted by atomic mass is 79.9. The van der Waals surface area contributed by atoms with E-state index in [1.165, 1.54) is 10.6 Å². The number of halogens is 1. The maximum atomic E-state index is 12.1. The van der Waals surface area contributed by atoms with Crippen LogP contribution in [0.4, 0.5) is 0 Å². The molecule has 0 fully saturated rings. The average molecular weight is 394 g/mol. The van der Waals surface area contributed by atoms with Crippen LogP contribution in [0, 0.1) is 0 Å². The largest absolute Gasteiger partial charge is 0.490 e. The van der Waals surface area contributed by atoms with Crippen molar-refractivity contribution in [2.45, 2.75) is 6.92 Å². The number of hydrogen-bond donors (Lipinski definition) is 1. The molecule has 8 heteroatoms. The first-order chi connectivity index (χ1) is 11.7. The number of benzene rings is 1. The van der Waals surface area contributed by atoms with Crippen LogP contribution in [0.5, 0.6) is 17.5 Å². The molecule has 0 saturated heterocycles. The van der Waals surface area contributed by atoms with Crippen molar-refractivity contribution in [2.24, 2.45) is 0 Å². The van der Waals surface area contributed by atoms with E-state index in [1.807, 2.05) is 37.3 Å². The average Bonchev–Trinajstić information content (AvgIpc) is 2.90. The summed E-state index contributed by atoms with van der Waals surface area (Å²) in [6.07, 6.45) is 0. The molecule has 126 valence electrons. The fourth-order valence-electron chi connectivity index (χ4n) is 2.11. The van der Waals surface area contributed by atoms with Gasteiger partial charge in [-0.15, -0.1) is 0 Å². The molecule has 0 unspecified atom stereocenters. The van der Waals surface area contributed by atoms with Crippen LogP contribution in [0.15, 0.2) is 45.7 Å². The van der Waals surface area contributed by atoms with E-state index in [0.717, 1.165) is 5.75 Å². The van der Waals surface area contributed by atoms with Crippen LogP contribution in [0.3, 0.4) is 0 Å². The first-order valence-electron chi connectivity index (χ1n) is 7.43. The Hall–Kier alpha value is -2.48. The Kier molecular flexibility index (Phi) is 5.05. The minimum Gasteiger partial charge on any atom is -0.490 e. The van der Waals surface area contributed by atoms with Gasteiger partial charge in [-0.25, -0.2) is 0 Å². The van der Waals surface area contributed by atoms with E-state index in [4.69, 9.17) is 14.2 Å². The van der Waals surface area contributed by atoms with Gasteiger partial charge in [0.05, 0.1) is 12.7 Å². The summed E-state index contributed by atoms with van der Waals surface area (Å²) < 4.78 is 18.3. The number of fused-ring (bicyclic) bond motifs is 1. The molecule has 0 radical (unpaired) electrons. The molecule has 2 heterocycles. The Morgan fingerprint density at radius 3 is 2.67 bits per heavy atom. The first kappa shape index (κ1) is 16.4. The molecule has 0 bridgehead atoms. The summed E-state index contributed by atoms with van der Waals surface area (Å²) in [7, 11) is 0. The number of rotatable bonds is 7. The van der Waals surface area contributed by atoms with Crippen LogP contribution >= 0.6 is 15.9 Å². The third-order valence-corrected chi connectivity index (χ3v) is 3.85. The van der Waals surface area contributed by atoms with E-state index < -0.39 is 0 Å². The molecular weight excluding hydrogens is 378 g/mol. The second kappa shape index (κ2) is 7.39. The van der Waals surface area contributed by atoms with Crippen molar-refractivity contribution in [2.75, 3.05) is 19.8 Å². The maximum absolute atomic E-state index is 12.1. The van der Waals surface area contributed by atoms with Crippen LogP contribution in [0.2, 0.25) is 0 Å². The third-order valence-electron chi connectivity index (χ3n) is 3.14. The highest BCUT2D eigenvalue weighted by Gasteiger charge is 2.14. The van der Waals surface area contributed by atoms with Crippen molar-refractivity contribution in [3.8, 4) is 17.5 Å². The number of nitrogens with zero attached hydrogens (tertiary/aromatic N) is 2. The Labute approximate surface area is 146 Å². The molecule has 3 rings (SSSR count). The first-order valence-corrected chi connectivity index (χ1v) is 8.23. The third kappa shape index (κ3) is 3.53. The van der Waals surface area contributed by atoms with Crippen LogP contribution < -0.4 is 19.8 Å². The SMILES string of the molecule is CCOc1cc(=O)n2[nH]c(OCCOc3ccccc3)c(Br)c2n1. The molecule has 0 aliphatic heterocycles. The topological polar surface area (TPSA) is 77.9 Å². The molecule has 3 aromatic rings. The monoisotopic (exact) mass is 393 g/mol. The molecule has 1 N–H and O–H groups in total. The number of ether oxygens (including phenoxy) is 3. The number of H-pyrrole nitrogens is 1. The summed E-state index contributed by atoms with van der Waals surface area (Å²) in [4.78, 5) is 16.3. The van der Waals surface area contributed by atoms with Gasteiger partial charge < -0.3 is 14.2 Å². The molecule has 2 aromatic heterocycles. The Balaban J connectivity index is 1.69. The van der Waals surface area contributed by atoms with Gasteiger partial charge >= 0.3 is 0 Å². The summed E-state index contributed by atoms with van der Waals surface area (Å²) in [5.41, 5.74) is 0.129. The standard InChI is InChI=1S/C16H16BrN3O4/c1-2-22-12-10-13(21)20-15(18-12)14(17)16(19-20)24-9-8-23-11-6-4-3-5-7-11/h3-7,10,19H,2,8-9H2,1H3. The van der Waals surface area contributed by atoms with E-state index >= 15 is 0 Å². The lowest BCUT2D eigenvalue weighted by molar-refractivity contribution is 0.210. The molecule has 24 heavy (non-hydrogen) atoms. The lowest BCUT2D eigenvalue weighted by atomic mass is 10.3. The zero-order valence-electron chi connectivity index (χ0n) is 13.0. The fourth-order valence-corrected chi connectivity index (χ4v) is 2.58. The predicted octanol–water partition coefficient (Wildman–Crippen LogP) is 2.64. The van der Waals surface area contributed by atoms with Crippen molar-refractivity contribution in [1.82, 2.24) is 14.6 Å². The summed E-state index contributed by atoms with van der Waals surface area (Å²) in [6, 6.07) is 10.8. The van der Waals surface area contributed by atoms with Crippen molar-refractivity contribution in [1.29, 1.82) is 0 Å². The van der Waals surface area contributed by atoms with Crippen molar-refractivity contribution in [3.05, 3.63) is 51.2 Å². The van der Waals surface area contributed by atoms with Crippen molar-refractivity contribution < 1.29 is 14.2 Å². The van der Waals surface area contributed by atoms with Gasteiger partial charge in [0.2, 0.25) is 11.8 Å². The van der Waals surface area contributed by atoms with E-state index in [-0.39, 0.29) is 11.4 Å². The smallest absolute Gasteiger partial charge is 0.276 e. The Morgan fingerprint density at radius 1 is 1.17 bits per heavy atom. The van der Waals surface area contributed by atoms with Crippen LogP contribution in [0.25, 0.3) is 5.65 Å². The molecule has 1 aromatic carbocycles. The Bertz CT molecular complexity index is 876. The van der Waals surface area contributed by atoms with Crippen LogP contribution in [0.1, 0.15) is 6.92 Å². The molecule has 0 spiro atoms. The van der Waals surface area contributed by atoms with Gasteiger partial charge in [0.25, 0.3) is 5.56 Å². The highest BCUT2D eigenvalue weighted by molar-refractivity contribution is 9.10. The van der Waals surface area contributed by atoms with Crippen molar-refractivity contribution in [3.63, 3.8) is 0 Å². The van der Waals surface area contributed by atoms with E-state index in [2.05, 4.69) is 26.0 Å². The minimum atomic E-state index is -0.278. The van der Waals surface area contributed by atoms with E-state index in [9.17, 15) is 4.79 Å². The number of aromatic amines is 1. The molecule has 0 saturated carbocycles. The van der Waals surface area contributed by atoms with Gasteiger partial charge in [0.15, 0.2) is 5.65 Å². The second-order valence-electron chi connectivity index (χ2n) is 4.79. The van der Waals surface area contributed by atoms with Gasteiger partial charge in [-0.1, -0.05) is 18.2 Å². The zero-order valence-corrected chi connectivity index (χ0v) is 14.6.